The third-order valence-electron chi connectivity index (χ3n) is 3.03. The molecule has 2 nitrogen and oxygen atoms in total. The van der Waals surface area contributed by atoms with E-state index in [2.05, 4.69) is 5.32 Å². The molecule has 1 atom stereocenters. The molecule has 0 aliphatic carbocycles. The van der Waals surface area contributed by atoms with Gasteiger partial charge in [0.15, 0.2) is 0 Å². The molecular formula is C15H17F2NO. The molecular weight excluding hydrogens is 248 g/mol. The largest absolute Gasteiger partial charge is 0.467 e. The minimum atomic E-state index is -0.554. The number of furan rings is 1. The monoisotopic (exact) mass is 265 g/mol. The van der Waals surface area contributed by atoms with E-state index in [9.17, 15) is 8.78 Å². The van der Waals surface area contributed by atoms with Crippen LogP contribution in [0.1, 0.15) is 29.9 Å². The first-order valence-corrected chi connectivity index (χ1v) is 6.32. The summed E-state index contributed by atoms with van der Waals surface area (Å²) < 4.78 is 31.9. The maximum atomic E-state index is 13.2. The molecule has 2 aromatic rings. The number of hydrogen-bond acceptors (Lipinski definition) is 2. The Morgan fingerprint density at radius 2 is 1.89 bits per heavy atom. The van der Waals surface area contributed by atoms with Crippen LogP contribution >= 0.6 is 0 Å². The Labute approximate surface area is 111 Å². The Bertz CT molecular complexity index is 531. The number of nitrogens with one attached hydrogen (secondary N) is 1. The molecule has 1 aromatic carbocycles. The van der Waals surface area contributed by atoms with Crippen LogP contribution in [0.15, 0.2) is 34.9 Å². The van der Waals surface area contributed by atoms with Crippen molar-refractivity contribution < 1.29 is 13.2 Å². The van der Waals surface area contributed by atoms with Gasteiger partial charge in [-0.15, -0.1) is 0 Å². The van der Waals surface area contributed by atoms with Crippen LogP contribution in [0.2, 0.25) is 0 Å². The molecule has 19 heavy (non-hydrogen) atoms. The van der Waals surface area contributed by atoms with Crippen molar-refractivity contribution in [3.05, 3.63) is 59.1 Å². The highest BCUT2D eigenvalue weighted by Crippen LogP contribution is 2.23. The Hall–Kier alpha value is -1.68. The van der Waals surface area contributed by atoms with Crippen molar-refractivity contribution in [1.82, 2.24) is 5.32 Å². The zero-order valence-electron chi connectivity index (χ0n) is 11.0. The average molecular weight is 265 g/mol. The SMILES string of the molecule is CCNC(Cc1cc(F)cc(F)c1)c1occc1C. The molecule has 0 aliphatic rings. The molecule has 1 aromatic heterocycles. The van der Waals surface area contributed by atoms with Crippen LogP contribution in [-0.2, 0) is 6.42 Å². The van der Waals surface area contributed by atoms with E-state index in [1.165, 1.54) is 12.1 Å². The maximum absolute atomic E-state index is 13.2. The lowest BCUT2D eigenvalue weighted by molar-refractivity contribution is 0.412. The van der Waals surface area contributed by atoms with Gasteiger partial charge < -0.3 is 9.73 Å². The zero-order chi connectivity index (χ0) is 13.8. The summed E-state index contributed by atoms with van der Waals surface area (Å²) >= 11 is 0. The highest BCUT2D eigenvalue weighted by atomic mass is 19.1. The number of halogens is 2. The van der Waals surface area contributed by atoms with Crippen LogP contribution in [-0.4, -0.2) is 6.54 Å². The molecule has 0 bridgehead atoms. The quantitative estimate of drug-likeness (QED) is 0.890. The van der Waals surface area contributed by atoms with E-state index in [1.54, 1.807) is 6.26 Å². The summed E-state index contributed by atoms with van der Waals surface area (Å²) in [5.74, 6) is -0.297. The van der Waals surface area contributed by atoms with E-state index >= 15 is 0 Å². The van der Waals surface area contributed by atoms with Crippen LogP contribution in [0.5, 0.6) is 0 Å². The van der Waals surface area contributed by atoms with Gasteiger partial charge in [-0.1, -0.05) is 6.92 Å². The van der Waals surface area contributed by atoms with Crippen LogP contribution in [0.4, 0.5) is 8.78 Å². The van der Waals surface area contributed by atoms with Crippen molar-refractivity contribution in [3.63, 3.8) is 0 Å². The van der Waals surface area contributed by atoms with Crippen LogP contribution in [0.25, 0.3) is 0 Å². The van der Waals surface area contributed by atoms with Gasteiger partial charge in [0.2, 0.25) is 0 Å². The predicted octanol–water partition coefficient (Wildman–Crippen LogP) is 3.76. The highest BCUT2D eigenvalue weighted by Gasteiger charge is 2.17. The maximum Gasteiger partial charge on any atom is 0.126 e. The van der Waals surface area contributed by atoms with Crippen molar-refractivity contribution >= 4 is 0 Å². The number of benzene rings is 1. The van der Waals surface area contributed by atoms with Gasteiger partial charge in [-0.05, 0) is 49.2 Å². The van der Waals surface area contributed by atoms with Crippen LogP contribution < -0.4 is 5.32 Å². The Kier molecular flexibility index (Phi) is 4.32. The fourth-order valence-electron chi connectivity index (χ4n) is 2.21. The number of likely N-dealkylation sites (N-methyl/N-ethyl adjacent to an activating group) is 1. The fourth-order valence-corrected chi connectivity index (χ4v) is 2.21. The van der Waals surface area contributed by atoms with Gasteiger partial charge in [-0.3, -0.25) is 0 Å². The normalized spacial score (nSPS) is 12.6. The van der Waals surface area contributed by atoms with Gasteiger partial charge in [-0.25, -0.2) is 8.78 Å². The molecule has 102 valence electrons. The van der Waals surface area contributed by atoms with Crippen molar-refractivity contribution in [2.75, 3.05) is 6.54 Å². The van der Waals surface area contributed by atoms with Gasteiger partial charge in [0.1, 0.15) is 17.4 Å². The van der Waals surface area contributed by atoms with E-state index in [1.807, 2.05) is 19.9 Å². The van der Waals surface area contributed by atoms with Gasteiger partial charge in [0.25, 0.3) is 0 Å². The van der Waals surface area contributed by atoms with Crippen LogP contribution in [0, 0.1) is 18.6 Å². The molecule has 0 radical (unpaired) electrons. The van der Waals surface area contributed by atoms with Gasteiger partial charge in [-0.2, -0.15) is 0 Å². The molecule has 1 N–H and O–H groups in total. The molecule has 2 rings (SSSR count). The first kappa shape index (κ1) is 13.7. The topological polar surface area (TPSA) is 25.2 Å². The highest BCUT2D eigenvalue weighted by molar-refractivity contribution is 5.24. The standard InChI is InChI=1S/C15H17F2NO/c1-3-18-14(15-10(2)4-5-19-15)8-11-6-12(16)9-13(17)7-11/h4-7,9,14,18H,3,8H2,1-2H3. The van der Waals surface area contributed by atoms with Crippen molar-refractivity contribution in [1.29, 1.82) is 0 Å². The smallest absolute Gasteiger partial charge is 0.126 e. The second-order valence-corrected chi connectivity index (χ2v) is 4.56. The molecule has 0 saturated carbocycles. The first-order valence-electron chi connectivity index (χ1n) is 6.32. The average Bonchev–Trinajstić information content (AvgIpc) is 2.73. The predicted molar refractivity (Wildman–Crippen MR) is 69.9 cm³/mol. The molecule has 1 unspecified atom stereocenters. The summed E-state index contributed by atoms with van der Waals surface area (Å²) in [5, 5.41) is 3.27. The number of rotatable bonds is 5. The first-order chi connectivity index (χ1) is 9.10. The van der Waals surface area contributed by atoms with Gasteiger partial charge in [0, 0.05) is 6.07 Å². The van der Waals surface area contributed by atoms with Gasteiger partial charge >= 0.3 is 0 Å². The summed E-state index contributed by atoms with van der Waals surface area (Å²) in [6.07, 6.45) is 2.11. The third kappa shape index (κ3) is 3.41. The Morgan fingerprint density at radius 1 is 1.21 bits per heavy atom. The number of aryl methyl sites for hydroxylation is 1. The molecule has 0 fully saturated rings. The summed E-state index contributed by atoms with van der Waals surface area (Å²) in [6, 6.07) is 5.38. The Balaban J connectivity index is 2.23. The summed E-state index contributed by atoms with van der Waals surface area (Å²) in [5.41, 5.74) is 1.64. The minimum absolute atomic E-state index is 0.0822. The molecule has 0 spiro atoms. The van der Waals surface area contributed by atoms with E-state index in [0.717, 1.165) is 23.9 Å². The van der Waals surface area contributed by atoms with E-state index < -0.39 is 11.6 Å². The lowest BCUT2D eigenvalue weighted by Gasteiger charge is -2.17. The fraction of sp³-hybridized carbons (Fsp3) is 0.333. The molecule has 0 aliphatic heterocycles. The van der Waals surface area contributed by atoms with Crippen molar-refractivity contribution in [3.8, 4) is 0 Å². The second-order valence-electron chi connectivity index (χ2n) is 4.56. The number of hydrogen-bond donors (Lipinski definition) is 1. The van der Waals surface area contributed by atoms with E-state index in [-0.39, 0.29) is 6.04 Å². The van der Waals surface area contributed by atoms with Crippen molar-refractivity contribution in [2.45, 2.75) is 26.3 Å². The van der Waals surface area contributed by atoms with E-state index in [4.69, 9.17) is 4.42 Å². The van der Waals surface area contributed by atoms with Gasteiger partial charge in [0.05, 0.1) is 12.3 Å². The van der Waals surface area contributed by atoms with E-state index in [0.29, 0.717) is 12.0 Å². The summed E-state index contributed by atoms with van der Waals surface area (Å²) in [4.78, 5) is 0. The molecule has 4 heteroatoms. The lowest BCUT2D eigenvalue weighted by Crippen LogP contribution is -2.23. The lowest BCUT2D eigenvalue weighted by atomic mass is 10.0. The van der Waals surface area contributed by atoms with Crippen LogP contribution in [0.3, 0.4) is 0 Å². The molecule has 0 saturated heterocycles. The molecule has 1 heterocycles. The summed E-state index contributed by atoms with van der Waals surface area (Å²) in [7, 11) is 0. The van der Waals surface area contributed by atoms with Crippen molar-refractivity contribution in [2.24, 2.45) is 0 Å². The zero-order valence-corrected chi connectivity index (χ0v) is 11.0. The second kappa shape index (κ2) is 5.97. The Morgan fingerprint density at radius 3 is 2.42 bits per heavy atom. The minimum Gasteiger partial charge on any atom is -0.467 e. The third-order valence-corrected chi connectivity index (χ3v) is 3.03. The molecule has 0 amide bonds. The summed E-state index contributed by atoms with van der Waals surface area (Å²) in [6.45, 7) is 4.69.